The summed E-state index contributed by atoms with van der Waals surface area (Å²) in [7, 11) is -1.23. The second kappa shape index (κ2) is 12.9. The second-order valence-electron chi connectivity index (χ2n) is 10.1. The number of nitrogens with zero attached hydrogens (tertiary/aromatic N) is 2. The molecule has 43 heavy (non-hydrogen) atoms. The van der Waals surface area contributed by atoms with Gasteiger partial charge in [0.2, 0.25) is 5.91 Å². The number of ether oxygens (including phenoxy) is 3. The summed E-state index contributed by atoms with van der Waals surface area (Å²) >= 11 is 0. The number of fused-ring (bicyclic) bond motifs is 1. The summed E-state index contributed by atoms with van der Waals surface area (Å²) in [6, 6.07) is 13.0. The van der Waals surface area contributed by atoms with Crippen LogP contribution in [0.1, 0.15) is 40.6 Å². The summed E-state index contributed by atoms with van der Waals surface area (Å²) in [6.07, 6.45) is 3.19. The Bertz CT molecular complexity index is 1580. The van der Waals surface area contributed by atoms with Crippen LogP contribution >= 0.6 is 0 Å². The third kappa shape index (κ3) is 6.22. The number of furan rings is 1. The molecule has 0 aliphatic carbocycles. The Labute approximate surface area is 249 Å². The van der Waals surface area contributed by atoms with Gasteiger partial charge in [-0.1, -0.05) is 18.2 Å². The molecule has 228 valence electrons. The highest BCUT2D eigenvalue weighted by Crippen LogP contribution is 2.32. The topological polar surface area (TPSA) is 145 Å². The highest BCUT2D eigenvalue weighted by Gasteiger charge is 2.44. The predicted octanol–water partition coefficient (Wildman–Crippen LogP) is 2.55. The van der Waals surface area contributed by atoms with E-state index in [9.17, 15) is 22.8 Å². The summed E-state index contributed by atoms with van der Waals surface area (Å²) in [5.74, 6) is -0.880. The molecule has 5 rings (SSSR count). The molecule has 2 aliphatic heterocycles. The fourth-order valence-corrected chi connectivity index (χ4v) is 6.79. The molecule has 0 saturated carbocycles. The molecule has 2 atom stereocenters. The minimum atomic E-state index is -4.26. The van der Waals surface area contributed by atoms with Gasteiger partial charge in [0.05, 0.1) is 32.2 Å². The van der Waals surface area contributed by atoms with Gasteiger partial charge in [-0.2, -0.15) is 0 Å². The largest absolute Gasteiger partial charge is 0.493 e. The van der Waals surface area contributed by atoms with E-state index in [-0.39, 0.29) is 41.8 Å². The molecule has 2 aliphatic rings. The Balaban J connectivity index is 1.45. The fourth-order valence-electron chi connectivity index (χ4n) is 5.27. The van der Waals surface area contributed by atoms with Crippen LogP contribution in [0, 0.1) is 0 Å². The number of sulfonamides is 1. The third-order valence-electron chi connectivity index (χ3n) is 7.50. The maximum Gasteiger partial charge on any atom is 0.269 e. The Hall–Kier alpha value is -4.36. The zero-order valence-corrected chi connectivity index (χ0v) is 24.7. The summed E-state index contributed by atoms with van der Waals surface area (Å²) in [5, 5.41) is 2.86. The molecule has 1 N–H and O–H groups in total. The van der Waals surface area contributed by atoms with Crippen molar-refractivity contribution in [3.05, 3.63) is 77.7 Å². The van der Waals surface area contributed by atoms with E-state index in [1.165, 1.54) is 43.6 Å². The Morgan fingerprint density at radius 1 is 1.09 bits per heavy atom. The normalized spacial score (nSPS) is 17.8. The van der Waals surface area contributed by atoms with E-state index in [1.54, 1.807) is 36.4 Å². The number of hydrogen-bond acceptors (Lipinski definition) is 9. The SMILES string of the molecule is COc1ccc(CCN(C(=O)CN2C(=O)c3ccccc3S2(=O)=O)[C@H](C(=O)NC[C@@H]2CCCO2)c2ccco2)cc1OC. The quantitative estimate of drug-likeness (QED) is 0.327. The molecule has 0 bridgehead atoms. The van der Waals surface area contributed by atoms with Gasteiger partial charge in [0.15, 0.2) is 17.5 Å². The molecule has 0 unspecified atom stereocenters. The number of rotatable bonds is 12. The van der Waals surface area contributed by atoms with E-state index in [4.69, 9.17) is 18.6 Å². The van der Waals surface area contributed by atoms with Crippen molar-refractivity contribution in [1.82, 2.24) is 14.5 Å². The molecular weight excluding hydrogens is 578 g/mol. The number of amides is 3. The summed E-state index contributed by atoms with van der Waals surface area (Å²) in [4.78, 5) is 41.9. The third-order valence-corrected chi connectivity index (χ3v) is 9.29. The number of carbonyl (C=O) groups excluding carboxylic acids is 3. The van der Waals surface area contributed by atoms with Gasteiger partial charge in [0.25, 0.3) is 21.8 Å². The van der Waals surface area contributed by atoms with Crippen molar-refractivity contribution < 1.29 is 41.4 Å². The monoisotopic (exact) mass is 611 g/mol. The van der Waals surface area contributed by atoms with Crippen molar-refractivity contribution in [3.63, 3.8) is 0 Å². The Morgan fingerprint density at radius 3 is 2.56 bits per heavy atom. The van der Waals surface area contributed by atoms with Gasteiger partial charge in [-0.05, 0) is 61.2 Å². The van der Waals surface area contributed by atoms with Gasteiger partial charge in [-0.3, -0.25) is 14.4 Å². The first-order chi connectivity index (χ1) is 20.7. The molecule has 2 aromatic carbocycles. The van der Waals surface area contributed by atoms with Crippen LogP contribution in [0.3, 0.4) is 0 Å². The lowest BCUT2D eigenvalue weighted by molar-refractivity contribution is -0.141. The molecule has 0 spiro atoms. The van der Waals surface area contributed by atoms with Gasteiger partial charge >= 0.3 is 0 Å². The van der Waals surface area contributed by atoms with Gasteiger partial charge < -0.3 is 28.8 Å². The molecule has 12 nitrogen and oxygen atoms in total. The lowest BCUT2D eigenvalue weighted by atomic mass is 10.1. The molecule has 1 saturated heterocycles. The van der Waals surface area contributed by atoms with E-state index < -0.39 is 40.3 Å². The van der Waals surface area contributed by atoms with E-state index in [2.05, 4.69) is 5.32 Å². The van der Waals surface area contributed by atoms with Gasteiger partial charge in [0.1, 0.15) is 17.2 Å². The van der Waals surface area contributed by atoms with Crippen LogP contribution in [-0.4, -0.2) is 81.9 Å². The molecule has 13 heteroatoms. The average molecular weight is 612 g/mol. The average Bonchev–Trinajstić information content (AvgIpc) is 3.78. The number of benzene rings is 2. The Kier molecular flexibility index (Phi) is 9.02. The molecule has 3 amide bonds. The van der Waals surface area contributed by atoms with Crippen LogP contribution in [0.4, 0.5) is 0 Å². The number of methoxy groups -OCH3 is 2. The van der Waals surface area contributed by atoms with E-state index in [1.807, 2.05) is 0 Å². The fraction of sp³-hybridized carbons (Fsp3) is 0.367. The molecule has 3 heterocycles. The van der Waals surface area contributed by atoms with Crippen LogP contribution in [-0.2, 0) is 30.8 Å². The number of nitrogens with one attached hydrogen (secondary N) is 1. The van der Waals surface area contributed by atoms with Crippen LogP contribution in [0.5, 0.6) is 11.5 Å². The number of hydrogen-bond donors (Lipinski definition) is 1. The Morgan fingerprint density at radius 2 is 1.88 bits per heavy atom. The van der Waals surface area contributed by atoms with Crippen LogP contribution in [0.15, 0.2) is 70.2 Å². The summed E-state index contributed by atoms with van der Waals surface area (Å²) in [5.41, 5.74) is 0.759. The molecule has 1 aromatic heterocycles. The smallest absolute Gasteiger partial charge is 0.269 e. The molecular formula is C30H33N3O9S. The van der Waals surface area contributed by atoms with Crippen molar-refractivity contribution in [3.8, 4) is 11.5 Å². The van der Waals surface area contributed by atoms with Gasteiger partial charge in [-0.15, -0.1) is 0 Å². The van der Waals surface area contributed by atoms with Crippen LogP contribution < -0.4 is 14.8 Å². The first kappa shape index (κ1) is 30.1. The zero-order chi connectivity index (χ0) is 30.6. The maximum absolute atomic E-state index is 14.0. The van der Waals surface area contributed by atoms with Gasteiger partial charge in [-0.25, -0.2) is 12.7 Å². The minimum Gasteiger partial charge on any atom is -0.493 e. The van der Waals surface area contributed by atoms with Crippen molar-refractivity contribution >= 4 is 27.7 Å². The minimum absolute atomic E-state index is 0.0101. The van der Waals surface area contributed by atoms with Crippen molar-refractivity contribution in [2.45, 2.75) is 36.3 Å². The van der Waals surface area contributed by atoms with E-state index in [0.29, 0.717) is 22.4 Å². The molecule has 3 aromatic rings. The summed E-state index contributed by atoms with van der Waals surface area (Å²) in [6.45, 7) is 0.0426. The van der Waals surface area contributed by atoms with Gasteiger partial charge in [0, 0.05) is 19.7 Å². The predicted molar refractivity (Wildman–Crippen MR) is 153 cm³/mol. The van der Waals surface area contributed by atoms with Crippen molar-refractivity contribution in [1.29, 1.82) is 0 Å². The first-order valence-electron chi connectivity index (χ1n) is 13.8. The van der Waals surface area contributed by atoms with E-state index in [0.717, 1.165) is 18.4 Å². The highest BCUT2D eigenvalue weighted by atomic mass is 32.2. The van der Waals surface area contributed by atoms with Crippen LogP contribution in [0.25, 0.3) is 0 Å². The summed E-state index contributed by atoms with van der Waals surface area (Å²) < 4.78 is 49.0. The number of carbonyl (C=O) groups is 3. The maximum atomic E-state index is 14.0. The zero-order valence-electron chi connectivity index (χ0n) is 23.9. The van der Waals surface area contributed by atoms with Crippen molar-refractivity contribution in [2.24, 2.45) is 0 Å². The molecule has 0 radical (unpaired) electrons. The van der Waals surface area contributed by atoms with Crippen molar-refractivity contribution in [2.75, 3.05) is 40.5 Å². The van der Waals surface area contributed by atoms with Crippen LogP contribution in [0.2, 0.25) is 0 Å². The lowest BCUT2D eigenvalue weighted by Crippen LogP contribution is -2.49. The lowest BCUT2D eigenvalue weighted by Gasteiger charge is -2.31. The first-order valence-corrected chi connectivity index (χ1v) is 15.3. The van der Waals surface area contributed by atoms with E-state index >= 15 is 0 Å². The second-order valence-corrected chi connectivity index (χ2v) is 12.0. The molecule has 1 fully saturated rings. The highest BCUT2D eigenvalue weighted by molar-refractivity contribution is 7.90. The standard InChI is InChI=1S/C30H33N3O9S/c1-39-23-12-11-20(17-25(23)40-2)13-14-32(27(34)19-33-30(36)22-8-3-4-10-26(22)43(33,37)38)28(24-9-6-16-42-24)29(35)31-18-21-7-5-15-41-21/h3-4,6,8-12,16-17,21,28H,5,7,13-15,18-19H2,1-2H3,(H,31,35)/t21-,28-/m0/s1.